The first-order chi connectivity index (χ1) is 9.86. The molecule has 0 heterocycles. The van der Waals surface area contributed by atoms with Gasteiger partial charge in [-0.15, -0.1) is 0 Å². The monoisotopic (exact) mass is 265 g/mol. The van der Waals surface area contributed by atoms with Crippen LogP contribution in [0.4, 0.5) is 0 Å². The van der Waals surface area contributed by atoms with Crippen LogP contribution in [0.3, 0.4) is 0 Å². The van der Waals surface area contributed by atoms with E-state index in [9.17, 15) is 0 Å². The van der Waals surface area contributed by atoms with Crippen molar-refractivity contribution in [2.75, 3.05) is 7.05 Å². The van der Waals surface area contributed by atoms with Crippen LogP contribution in [0.25, 0.3) is 10.8 Å². The van der Waals surface area contributed by atoms with Gasteiger partial charge in [0.1, 0.15) is 0 Å². The first kappa shape index (κ1) is 12.4. The molecule has 20 heavy (non-hydrogen) atoms. The van der Waals surface area contributed by atoms with Gasteiger partial charge in [0.15, 0.2) is 0 Å². The Morgan fingerprint density at radius 1 is 1.10 bits per heavy atom. The fourth-order valence-electron chi connectivity index (χ4n) is 4.04. The fraction of sp³-hybridized carbons (Fsp3) is 0.474. The Hall–Kier alpha value is -1.34. The minimum absolute atomic E-state index is 0.519. The highest BCUT2D eigenvalue weighted by Crippen LogP contribution is 2.39. The molecule has 2 aliphatic rings. The lowest BCUT2D eigenvalue weighted by Gasteiger charge is -2.30. The molecule has 2 aromatic rings. The number of benzene rings is 2. The molecule has 0 amide bonds. The van der Waals surface area contributed by atoms with Gasteiger partial charge < -0.3 is 5.32 Å². The van der Waals surface area contributed by atoms with Crippen LogP contribution in [0.15, 0.2) is 30.3 Å². The van der Waals surface area contributed by atoms with Crippen LogP contribution in [0.2, 0.25) is 0 Å². The van der Waals surface area contributed by atoms with Crippen molar-refractivity contribution in [2.45, 2.75) is 44.6 Å². The third-order valence-corrected chi connectivity index (χ3v) is 5.43. The van der Waals surface area contributed by atoms with Crippen molar-refractivity contribution in [3.05, 3.63) is 47.0 Å². The van der Waals surface area contributed by atoms with Crippen molar-refractivity contribution in [3.8, 4) is 0 Å². The molecule has 0 radical (unpaired) electrons. The highest BCUT2D eigenvalue weighted by molar-refractivity contribution is 5.93. The molecule has 1 heteroatoms. The maximum Gasteiger partial charge on any atom is 0.0326 e. The van der Waals surface area contributed by atoms with Gasteiger partial charge in [-0.1, -0.05) is 49.6 Å². The summed E-state index contributed by atoms with van der Waals surface area (Å²) in [4.78, 5) is 0. The lowest BCUT2D eigenvalue weighted by atomic mass is 9.79. The molecule has 1 atom stereocenters. The zero-order valence-corrected chi connectivity index (χ0v) is 12.3. The molecule has 0 saturated heterocycles. The Bertz CT molecular complexity index is 629. The molecule has 4 rings (SSSR count). The van der Waals surface area contributed by atoms with Gasteiger partial charge in [-0.2, -0.15) is 0 Å². The highest BCUT2D eigenvalue weighted by atomic mass is 14.9. The van der Waals surface area contributed by atoms with Crippen LogP contribution in [0, 0.1) is 5.92 Å². The summed E-state index contributed by atoms with van der Waals surface area (Å²) >= 11 is 0. The lowest BCUT2D eigenvalue weighted by Crippen LogP contribution is -2.23. The Labute approximate surface area is 121 Å². The Morgan fingerprint density at radius 3 is 2.60 bits per heavy atom. The molecule has 1 saturated carbocycles. The Balaban J connectivity index is 1.79. The van der Waals surface area contributed by atoms with Crippen molar-refractivity contribution in [1.29, 1.82) is 0 Å². The van der Waals surface area contributed by atoms with Crippen LogP contribution >= 0.6 is 0 Å². The molecule has 2 aromatic carbocycles. The Kier molecular flexibility index (Phi) is 3.03. The quantitative estimate of drug-likeness (QED) is 0.864. The predicted molar refractivity (Wildman–Crippen MR) is 85.1 cm³/mol. The zero-order valence-electron chi connectivity index (χ0n) is 12.3. The first-order valence-electron chi connectivity index (χ1n) is 8.07. The van der Waals surface area contributed by atoms with Crippen LogP contribution in [0.1, 0.15) is 48.4 Å². The summed E-state index contributed by atoms with van der Waals surface area (Å²) in [6, 6.07) is 12.2. The molecule has 1 fully saturated rings. The van der Waals surface area contributed by atoms with Crippen molar-refractivity contribution >= 4 is 10.8 Å². The summed E-state index contributed by atoms with van der Waals surface area (Å²) in [5.74, 6) is 0.940. The number of hydrogen-bond donors (Lipinski definition) is 1. The van der Waals surface area contributed by atoms with E-state index in [1.165, 1.54) is 49.5 Å². The molecule has 1 N–H and O–H groups in total. The normalized spacial score (nSPS) is 19.2. The zero-order chi connectivity index (χ0) is 13.5. The second-order valence-electron chi connectivity index (χ2n) is 6.53. The topological polar surface area (TPSA) is 12.0 Å². The molecule has 0 spiro atoms. The van der Waals surface area contributed by atoms with Crippen LogP contribution in [0.5, 0.6) is 0 Å². The van der Waals surface area contributed by atoms with E-state index >= 15 is 0 Å². The summed E-state index contributed by atoms with van der Waals surface area (Å²) in [5.41, 5.74) is 4.62. The summed E-state index contributed by atoms with van der Waals surface area (Å²) in [5, 5.41) is 6.62. The lowest BCUT2D eigenvalue weighted by molar-refractivity contribution is 0.266. The van der Waals surface area contributed by atoms with Gasteiger partial charge in [0.05, 0.1) is 0 Å². The van der Waals surface area contributed by atoms with E-state index in [1.807, 2.05) is 0 Å². The molecule has 1 nitrogen and oxygen atoms in total. The predicted octanol–water partition coefficient (Wildman–Crippen LogP) is 4.39. The standard InChI is InChI=1S/C19H23N/c1-20-18(12-13-4-2-5-13)16-11-10-15-9-8-14-6-3-7-17(16)19(14)15/h3,6-7,10-11,13,18,20H,2,4-5,8-9,12H2,1H3. The molecule has 104 valence electrons. The number of nitrogens with one attached hydrogen (secondary N) is 1. The Morgan fingerprint density at radius 2 is 1.90 bits per heavy atom. The molecule has 0 bridgehead atoms. The minimum atomic E-state index is 0.519. The molecule has 2 aliphatic carbocycles. The van der Waals surface area contributed by atoms with Gasteiger partial charge in [-0.25, -0.2) is 0 Å². The summed E-state index contributed by atoms with van der Waals surface area (Å²) in [6.07, 6.45) is 8.05. The maximum absolute atomic E-state index is 3.57. The van der Waals surface area contributed by atoms with Gasteiger partial charge in [0, 0.05) is 6.04 Å². The van der Waals surface area contributed by atoms with Crippen molar-refractivity contribution < 1.29 is 0 Å². The van der Waals surface area contributed by atoms with Crippen LogP contribution in [-0.2, 0) is 12.8 Å². The average molecular weight is 265 g/mol. The van der Waals surface area contributed by atoms with Crippen molar-refractivity contribution in [3.63, 3.8) is 0 Å². The average Bonchev–Trinajstić information content (AvgIpc) is 2.85. The van der Waals surface area contributed by atoms with Crippen molar-refractivity contribution in [1.82, 2.24) is 5.32 Å². The first-order valence-corrected chi connectivity index (χ1v) is 8.07. The minimum Gasteiger partial charge on any atom is -0.313 e. The molecular formula is C19H23N. The van der Waals surface area contributed by atoms with Gasteiger partial charge in [-0.3, -0.25) is 0 Å². The SMILES string of the molecule is CNC(CC1CCC1)c1ccc2c3c(cccc13)CC2. The summed E-state index contributed by atoms with van der Waals surface area (Å²) in [7, 11) is 2.12. The number of rotatable bonds is 4. The van der Waals surface area contributed by atoms with E-state index in [0.717, 1.165) is 5.92 Å². The van der Waals surface area contributed by atoms with E-state index in [4.69, 9.17) is 0 Å². The smallest absolute Gasteiger partial charge is 0.0326 e. The number of hydrogen-bond acceptors (Lipinski definition) is 1. The van der Waals surface area contributed by atoms with Crippen LogP contribution in [-0.4, -0.2) is 7.05 Å². The fourth-order valence-corrected chi connectivity index (χ4v) is 4.04. The van der Waals surface area contributed by atoms with E-state index < -0.39 is 0 Å². The molecule has 1 unspecified atom stereocenters. The highest BCUT2D eigenvalue weighted by Gasteiger charge is 2.24. The molecule has 0 aliphatic heterocycles. The second kappa shape index (κ2) is 4.89. The van der Waals surface area contributed by atoms with Gasteiger partial charge >= 0.3 is 0 Å². The summed E-state index contributed by atoms with van der Waals surface area (Å²) < 4.78 is 0. The summed E-state index contributed by atoms with van der Waals surface area (Å²) in [6.45, 7) is 0. The van der Waals surface area contributed by atoms with Crippen LogP contribution < -0.4 is 5.32 Å². The van der Waals surface area contributed by atoms with E-state index in [1.54, 1.807) is 16.5 Å². The maximum atomic E-state index is 3.57. The van der Waals surface area contributed by atoms with Gasteiger partial charge in [0.2, 0.25) is 0 Å². The van der Waals surface area contributed by atoms with E-state index in [2.05, 4.69) is 42.7 Å². The van der Waals surface area contributed by atoms with Gasteiger partial charge in [-0.05, 0) is 59.7 Å². The third kappa shape index (κ3) is 1.88. The molecule has 0 aromatic heterocycles. The van der Waals surface area contributed by atoms with Crippen molar-refractivity contribution in [2.24, 2.45) is 5.92 Å². The van der Waals surface area contributed by atoms with E-state index in [-0.39, 0.29) is 0 Å². The molecular weight excluding hydrogens is 242 g/mol. The third-order valence-electron chi connectivity index (χ3n) is 5.43. The second-order valence-corrected chi connectivity index (χ2v) is 6.53. The van der Waals surface area contributed by atoms with Gasteiger partial charge in [0.25, 0.3) is 0 Å². The largest absolute Gasteiger partial charge is 0.313 e. The number of aryl methyl sites for hydroxylation is 2. The van der Waals surface area contributed by atoms with E-state index in [0.29, 0.717) is 6.04 Å².